The van der Waals surface area contributed by atoms with Gasteiger partial charge in [-0.05, 0) is 0 Å². The predicted octanol–water partition coefficient (Wildman–Crippen LogP) is 0.348. The van der Waals surface area contributed by atoms with Crippen LogP contribution in [-0.2, 0) is 0 Å². The molecule has 7 heavy (non-hydrogen) atoms. The van der Waals surface area contributed by atoms with Gasteiger partial charge in [0.2, 0.25) is 0 Å². The van der Waals surface area contributed by atoms with Crippen molar-refractivity contribution in [3.05, 3.63) is 0 Å². The van der Waals surface area contributed by atoms with Gasteiger partial charge in [-0.1, -0.05) is 13.6 Å². The quantitative estimate of drug-likeness (QED) is 0.335. The monoisotopic (exact) mass is 95.1 g/mol. The first-order chi connectivity index (χ1) is 3.26. The summed E-state index contributed by atoms with van der Waals surface area (Å²) >= 11 is 0. The molecule has 0 unspecified atom stereocenters. The second-order valence-electron chi connectivity index (χ2n) is 3.11. The summed E-state index contributed by atoms with van der Waals surface area (Å²) < 4.78 is 0. The third kappa shape index (κ3) is 0.300. The Balaban J connectivity index is 2.08. The third-order valence-electron chi connectivity index (χ3n) is 2.43. The van der Waals surface area contributed by atoms with Gasteiger partial charge in [0.05, 0.1) is 0 Å². The summed E-state index contributed by atoms with van der Waals surface area (Å²) in [5, 5.41) is 0. The SMILES string of the molecule is CB(C)C12CN1C2. The van der Waals surface area contributed by atoms with Gasteiger partial charge in [-0.3, -0.25) is 4.90 Å². The second-order valence-corrected chi connectivity index (χ2v) is 3.11. The molecule has 1 nitrogen and oxygen atoms in total. The molecule has 0 aliphatic carbocycles. The third-order valence-corrected chi connectivity index (χ3v) is 2.43. The molecule has 38 valence electrons. The highest BCUT2D eigenvalue weighted by atomic mass is 15.5. The molecule has 0 N–H and O–H groups in total. The molecule has 0 aromatic heterocycles. The van der Waals surface area contributed by atoms with E-state index in [1.165, 1.54) is 13.1 Å². The molecule has 0 radical (unpaired) electrons. The number of rotatable bonds is 1. The number of nitrogens with zero attached hydrogens (tertiary/aromatic N) is 1. The minimum absolute atomic E-state index is 0.750. The maximum absolute atomic E-state index is 2.51. The van der Waals surface area contributed by atoms with Crippen LogP contribution in [0.15, 0.2) is 0 Å². The van der Waals surface area contributed by atoms with Crippen molar-refractivity contribution in [3.63, 3.8) is 0 Å². The van der Waals surface area contributed by atoms with Crippen LogP contribution in [0.25, 0.3) is 0 Å². The fourth-order valence-corrected chi connectivity index (χ4v) is 1.27. The van der Waals surface area contributed by atoms with E-state index in [1.54, 1.807) is 0 Å². The van der Waals surface area contributed by atoms with E-state index in [0.29, 0.717) is 0 Å². The maximum Gasteiger partial charge on any atom is 0.161 e. The molecule has 0 atom stereocenters. The highest BCUT2D eigenvalue weighted by Gasteiger charge is 2.69. The van der Waals surface area contributed by atoms with Gasteiger partial charge in [0.15, 0.2) is 6.71 Å². The van der Waals surface area contributed by atoms with Crippen LogP contribution < -0.4 is 0 Å². The molecular formula is C5H10BN. The van der Waals surface area contributed by atoms with Gasteiger partial charge < -0.3 is 0 Å². The summed E-state index contributed by atoms with van der Waals surface area (Å²) in [5.41, 5.74) is 0.750. The highest BCUT2D eigenvalue weighted by Crippen LogP contribution is 2.50. The lowest BCUT2D eigenvalue weighted by molar-refractivity contribution is 0.809. The summed E-state index contributed by atoms with van der Waals surface area (Å²) in [6.45, 7) is 8.32. The van der Waals surface area contributed by atoms with Crippen LogP contribution in [0.1, 0.15) is 0 Å². The molecule has 0 amide bonds. The van der Waals surface area contributed by atoms with Crippen molar-refractivity contribution in [3.8, 4) is 0 Å². The van der Waals surface area contributed by atoms with Crippen LogP contribution in [0.3, 0.4) is 0 Å². The summed E-state index contributed by atoms with van der Waals surface area (Å²) in [5.74, 6) is 0. The van der Waals surface area contributed by atoms with Crippen molar-refractivity contribution in [1.29, 1.82) is 0 Å². The van der Waals surface area contributed by atoms with Gasteiger partial charge >= 0.3 is 0 Å². The van der Waals surface area contributed by atoms with Crippen molar-refractivity contribution in [1.82, 2.24) is 4.90 Å². The van der Waals surface area contributed by atoms with Crippen LogP contribution in [0.2, 0.25) is 13.6 Å². The van der Waals surface area contributed by atoms with Gasteiger partial charge in [0.25, 0.3) is 0 Å². The lowest BCUT2D eigenvalue weighted by Crippen LogP contribution is -2.20. The zero-order valence-corrected chi connectivity index (χ0v) is 4.94. The average Bonchev–Trinajstić information content (AvgIpc) is 2.04. The van der Waals surface area contributed by atoms with Crippen LogP contribution in [-0.4, -0.2) is 30.1 Å². The minimum Gasteiger partial charge on any atom is -0.300 e. The maximum atomic E-state index is 2.51. The van der Waals surface area contributed by atoms with E-state index in [0.717, 1.165) is 12.2 Å². The molecule has 0 spiro atoms. The first kappa shape index (κ1) is 3.96. The van der Waals surface area contributed by atoms with Crippen LogP contribution >= 0.6 is 0 Å². The number of fused-ring (bicyclic) bond motifs is 1. The highest BCUT2D eigenvalue weighted by molar-refractivity contribution is 6.62. The van der Waals surface area contributed by atoms with Crippen molar-refractivity contribution in [2.24, 2.45) is 0 Å². The zero-order chi connectivity index (χ0) is 5.07. The first-order valence-electron chi connectivity index (χ1n) is 3.01. The van der Waals surface area contributed by atoms with E-state index in [4.69, 9.17) is 0 Å². The summed E-state index contributed by atoms with van der Waals surface area (Å²) in [4.78, 5) is 2.51. The van der Waals surface area contributed by atoms with Crippen molar-refractivity contribution in [2.45, 2.75) is 19.1 Å². The normalized spacial score (nSPS) is 53.1. The summed E-state index contributed by atoms with van der Waals surface area (Å²) in [7, 11) is 0. The molecule has 0 aromatic carbocycles. The van der Waals surface area contributed by atoms with E-state index in [9.17, 15) is 0 Å². The van der Waals surface area contributed by atoms with Crippen molar-refractivity contribution >= 4 is 6.71 Å². The lowest BCUT2D eigenvalue weighted by atomic mass is 9.46. The van der Waals surface area contributed by atoms with Crippen molar-refractivity contribution < 1.29 is 0 Å². The Morgan fingerprint density at radius 1 is 1.43 bits per heavy atom. The van der Waals surface area contributed by atoms with Crippen LogP contribution in [0.5, 0.6) is 0 Å². The Hall–Kier alpha value is 0.0249. The molecule has 0 aromatic rings. The Bertz CT molecular complexity index is 105. The first-order valence-corrected chi connectivity index (χ1v) is 3.01. The molecule has 2 heterocycles. The van der Waals surface area contributed by atoms with Gasteiger partial charge in [-0.15, -0.1) is 0 Å². The number of hydrogen-bond donors (Lipinski definition) is 0. The average molecular weight is 95.0 g/mol. The topological polar surface area (TPSA) is 3.01 Å². The lowest BCUT2D eigenvalue weighted by Gasteiger charge is -1.95. The van der Waals surface area contributed by atoms with E-state index in [2.05, 4.69) is 18.5 Å². The molecule has 2 saturated heterocycles. The second kappa shape index (κ2) is 0.773. The fourth-order valence-electron chi connectivity index (χ4n) is 1.27. The smallest absolute Gasteiger partial charge is 0.161 e. The Morgan fingerprint density at radius 2 is 1.86 bits per heavy atom. The van der Waals surface area contributed by atoms with E-state index in [1.807, 2.05) is 0 Å². The Labute approximate surface area is 44.8 Å². The largest absolute Gasteiger partial charge is 0.300 e. The van der Waals surface area contributed by atoms with E-state index >= 15 is 0 Å². The Morgan fingerprint density at radius 3 is 1.86 bits per heavy atom. The van der Waals surface area contributed by atoms with Gasteiger partial charge in [-0.25, -0.2) is 0 Å². The summed E-state index contributed by atoms with van der Waals surface area (Å²) in [6.07, 6.45) is 0. The molecule has 0 bridgehead atoms. The Kier molecular flexibility index (Phi) is 0.437. The van der Waals surface area contributed by atoms with Crippen LogP contribution in [0.4, 0.5) is 0 Å². The molecule has 2 aliphatic heterocycles. The summed E-state index contributed by atoms with van der Waals surface area (Å²) in [6, 6.07) is 0. The van der Waals surface area contributed by atoms with E-state index in [-0.39, 0.29) is 0 Å². The van der Waals surface area contributed by atoms with Crippen molar-refractivity contribution in [2.75, 3.05) is 13.1 Å². The molecule has 2 fully saturated rings. The minimum atomic E-state index is 0.750. The molecule has 2 rings (SSSR count). The van der Waals surface area contributed by atoms with E-state index < -0.39 is 0 Å². The number of hydrogen-bond acceptors (Lipinski definition) is 1. The molecule has 2 heteroatoms. The standard InChI is InChI=1S/C5H10BN/c1-6(2)5-3-7(5)4-5/h3-4H2,1-2H3. The van der Waals surface area contributed by atoms with Crippen LogP contribution in [0, 0.1) is 0 Å². The van der Waals surface area contributed by atoms with Gasteiger partial charge in [0, 0.05) is 18.5 Å². The fraction of sp³-hybridized carbons (Fsp3) is 1.00. The zero-order valence-electron chi connectivity index (χ0n) is 4.94. The molecule has 2 aliphatic rings. The molecular weight excluding hydrogens is 84.9 g/mol. The van der Waals surface area contributed by atoms with Gasteiger partial charge in [-0.2, -0.15) is 0 Å². The van der Waals surface area contributed by atoms with Gasteiger partial charge in [0.1, 0.15) is 0 Å². The molecule has 0 saturated carbocycles. The predicted molar refractivity (Wildman–Crippen MR) is 31.8 cm³/mol.